The van der Waals surface area contributed by atoms with E-state index >= 15 is 0 Å². The van der Waals surface area contributed by atoms with Crippen LogP contribution in [0.1, 0.15) is 0 Å². The molecule has 2 aliphatic heterocycles. The Balaban J connectivity index is 2.11. The number of halogens is 1. The summed E-state index contributed by atoms with van der Waals surface area (Å²) in [5.74, 6) is 0. The summed E-state index contributed by atoms with van der Waals surface area (Å²) in [6.45, 7) is -1.20. The minimum Gasteiger partial charge on any atom is -0.394 e. The van der Waals surface area contributed by atoms with E-state index in [-0.39, 0.29) is 0 Å². The highest BCUT2D eigenvalue weighted by Gasteiger charge is 2.49. The summed E-state index contributed by atoms with van der Waals surface area (Å²) in [6, 6.07) is 0. The molecule has 0 bridgehead atoms. The molecule has 2 aliphatic rings. The van der Waals surface area contributed by atoms with Crippen LogP contribution in [0.3, 0.4) is 0 Å². The van der Waals surface area contributed by atoms with Crippen LogP contribution < -0.4 is 0 Å². The molecule has 136 valence electrons. The molecule has 0 spiro atoms. The average Bonchev–Trinajstić information content (AvgIpc) is 2.54. The molecule has 10 atom stereocenters. The molecular weight excluding hydrogens is 384 g/mol. The van der Waals surface area contributed by atoms with Gasteiger partial charge in [0.15, 0.2) is 12.6 Å². The van der Waals surface area contributed by atoms with E-state index in [1.165, 1.54) is 0 Å². The molecule has 0 aromatic heterocycles. The fourth-order valence-corrected chi connectivity index (χ4v) is 3.10. The van der Waals surface area contributed by atoms with Crippen LogP contribution in [0.2, 0.25) is 0 Å². The van der Waals surface area contributed by atoms with E-state index in [0.717, 1.165) is 0 Å². The van der Waals surface area contributed by atoms with E-state index in [1.807, 2.05) is 0 Å². The van der Waals surface area contributed by atoms with E-state index in [2.05, 4.69) is 15.9 Å². The highest BCUT2D eigenvalue weighted by atomic mass is 79.9. The van der Waals surface area contributed by atoms with Gasteiger partial charge in [-0.1, -0.05) is 15.9 Å². The SMILES string of the molecule is OCC1OC(O)[C@@H](Br)[C@@H](OC2OC(CO)[C@H](O)[C@H](O)[C@@H]2O)[C@@H]1O. The van der Waals surface area contributed by atoms with Gasteiger partial charge in [-0.3, -0.25) is 0 Å². The Hall–Kier alpha value is 0.0800. The van der Waals surface area contributed by atoms with Gasteiger partial charge in [-0.2, -0.15) is 0 Å². The lowest BCUT2D eigenvalue weighted by molar-refractivity contribution is -0.334. The number of hydrogen-bond donors (Lipinski definition) is 7. The van der Waals surface area contributed by atoms with Gasteiger partial charge in [-0.25, -0.2) is 0 Å². The topological polar surface area (TPSA) is 169 Å². The van der Waals surface area contributed by atoms with Crippen molar-refractivity contribution in [2.45, 2.75) is 60.1 Å². The first-order chi connectivity index (χ1) is 10.8. The summed E-state index contributed by atoms with van der Waals surface area (Å²) in [7, 11) is 0. The van der Waals surface area contributed by atoms with E-state index in [1.54, 1.807) is 0 Å². The van der Waals surface area contributed by atoms with Crippen LogP contribution in [0.25, 0.3) is 0 Å². The number of alkyl halides is 1. The number of rotatable bonds is 4. The molecular formula is C12H21BrO10. The third-order valence-corrected chi connectivity index (χ3v) is 4.91. The first-order valence-electron chi connectivity index (χ1n) is 7.04. The van der Waals surface area contributed by atoms with Crippen molar-refractivity contribution in [3.05, 3.63) is 0 Å². The van der Waals surface area contributed by atoms with Crippen LogP contribution in [0, 0.1) is 0 Å². The number of ether oxygens (including phenoxy) is 3. The average molecular weight is 405 g/mol. The largest absolute Gasteiger partial charge is 0.394 e. The summed E-state index contributed by atoms with van der Waals surface area (Å²) in [5.41, 5.74) is 0. The summed E-state index contributed by atoms with van der Waals surface area (Å²) >= 11 is 3.08. The molecule has 10 nitrogen and oxygen atoms in total. The summed E-state index contributed by atoms with van der Waals surface area (Å²) in [5, 5.41) is 67.5. The molecule has 0 amide bonds. The predicted molar refractivity (Wildman–Crippen MR) is 75.3 cm³/mol. The number of aliphatic hydroxyl groups is 7. The Morgan fingerprint density at radius 1 is 0.783 bits per heavy atom. The lowest BCUT2D eigenvalue weighted by atomic mass is 9.98. The molecule has 11 heteroatoms. The lowest BCUT2D eigenvalue weighted by Gasteiger charge is -2.45. The summed E-state index contributed by atoms with van der Waals surface area (Å²) < 4.78 is 15.6. The maximum absolute atomic E-state index is 10.1. The first kappa shape index (κ1) is 19.4. The van der Waals surface area contributed by atoms with Crippen molar-refractivity contribution in [1.82, 2.24) is 0 Å². The van der Waals surface area contributed by atoms with Gasteiger partial charge in [-0.15, -0.1) is 0 Å². The lowest BCUT2D eigenvalue weighted by Crippen LogP contribution is -2.63. The van der Waals surface area contributed by atoms with Crippen LogP contribution in [0.4, 0.5) is 0 Å². The molecule has 2 saturated heterocycles. The normalized spacial score (nSPS) is 51.7. The van der Waals surface area contributed by atoms with Crippen molar-refractivity contribution >= 4 is 15.9 Å². The third-order valence-electron chi connectivity index (χ3n) is 3.94. The number of hydrogen-bond acceptors (Lipinski definition) is 10. The van der Waals surface area contributed by atoms with Crippen molar-refractivity contribution in [3.63, 3.8) is 0 Å². The standard InChI is InChI=1S/C12H21BrO10/c13-5-10(7(17)4(2-15)21-11(5)20)23-12-9(19)8(18)6(16)3(1-14)22-12/h3-12,14-20H,1-2H2/t3?,4?,5-,6-,7+,8-,9-,10+,11?,12?/m0/s1. The quantitative estimate of drug-likeness (QED) is 0.229. The molecule has 0 aromatic carbocycles. The van der Waals surface area contributed by atoms with Gasteiger partial charge in [0.1, 0.15) is 42.7 Å². The van der Waals surface area contributed by atoms with E-state index < -0.39 is 73.3 Å². The predicted octanol–water partition coefficient (Wildman–Crippen LogP) is -3.99. The molecule has 4 unspecified atom stereocenters. The third kappa shape index (κ3) is 3.85. The molecule has 2 rings (SSSR count). The van der Waals surface area contributed by atoms with Gasteiger partial charge in [0.05, 0.1) is 18.0 Å². The second kappa shape index (κ2) is 7.97. The Morgan fingerprint density at radius 3 is 1.91 bits per heavy atom. The molecule has 2 heterocycles. The first-order valence-corrected chi connectivity index (χ1v) is 7.95. The van der Waals surface area contributed by atoms with Gasteiger partial charge < -0.3 is 50.0 Å². The minimum atomic E-state index is -1.65. The van der Waals surface area contributed by atoms with Crippen LogP contribution in [-0.4, -0.2) is 109 Å². The maximum atomic E-state index is 10.1. The molecule has 2 fully saturated rings. The van der Waals surface area contributed by atoms with Crippen molar-refractivity contribution in [3.8, 4) is 0 Å². The van der Waals surface area contributed by atoms with Gasteiger partial charge in [0.25, 0.3) is 0 Å². The summed E-state index contributed by atoms with van der Waals surface area (Å²) in [4.78, 5) is -0.910. The Bertz CT molecular complexity index is 385. The zero-order valence-electron chi connectivity index (χ0n) is 11.9. The maximum Gasteiger partial charge on any atom is 0.187 e. The van der Waals surface area contributed by atoms with Gasteiger partial charge in [0.2, 0.25) is 0 Å². The van der Waals surface area contributed by atoms with Crippen molar-refractivity contribution in [1.29, 1.82) is 0 Å². The van der Waals surface area contributed by atoms with Crippen LogP contribution in [-0.2, 0) is 14.2 Å². The van der Waals surface area contributed by atoms with Gasteiger partial charge in [-0.05, 0) is 0 Å². The zero-order valence-corrected chi connectivity index (χ0v) is 13.5. The van der Waals surface area contributed by atoms with Gasteiger partial charge in [0, 0.05) is 0 Å². The van der Waals surface area contributed by atoms with Gasteiger partial charge >= 0.3 is 0 Å². The molecule has 0 radical (unpaired) electrons. The monoisotopic (exact) mass is 404 g/mol. The van der Waals surface area contributed by atoms with Crippen molar-refractivity contribution in [2.24, 2.45) is 0 Å². The highest BCUT2D eigenvalue weighted by Crippen LogP contribution is 2.31. The van der Waals surface area contributed by atoms with Crippen molar-refractivity contribution in [2.75, 3.05) is 13.2 Å². The smallest absolute Gasteiger partial charge is 0.187 e. The Labute approximate surface area is 140 Å². The second-order valence-corrected chi connectivity index (χ2v) is 6.54. The fourth-order valence-electron chi connectivity index (χ4n) is 2.54. The van der Waals surface area contributed by atoms with Crippen LogP contribution >= 0.6 is 15.9 Å². The van der Waals surface area contributed by atoms with E-state index in [9.17, 15) is 25.5 Å². The molecule has 23 heavy (non-hydrogen) atoms. The van der Waals surface area contributed by atoms with E-state index in [4.69, 9.17) is 24.4 Å². The minimum absolute atomic E-state index is 0.577. The molecule has 0 aromatic rings. The Morgan fingerprint density at radius 2 is 1.35 bits per heavy atom. The van der Waals surface area contributed by atoms with Crippen LogP contribution in [0.5, 0.6) is 0 Å². The molecule has 7 N–H and O–H groups in total. The molecule has 0 saturated carbocycles. The fraction of sp³-hybridized carbons (Fsp3) is 1.00. The summed E-state index contributed by atoms with van der Waals surface area (Å²) in [6.07, 6.45) is -12.5. The van der Waals surface area contributed by atoms with Crippen molar-refractivity contribution < 1.29 is 50.0 Å². The number of aliphatic hydroxyl groups excluding tert-OH is 7. The Kier molecular flexibility index (Phi) is 6.73. The zero-order chi connectivity index (χ0) is 17.3. The van der Waals surface area contributed by atoms with E-state index in [0.29, 0.717) is 0 Å². The van der Waals surface area contributed by atoms with Crippen LogP contribution in [0.15, 0.2) is 0 Å². The molecule has 0 aliphatic carbocycles. The second-order valence-electron chi connectivity index (χ2n) is 5.48. The highest BCUT2D eigenvalue weighted by molar-refractivity contribution is 9.09.